The summed E-state index contributed by atoms with van der Waals surface area (Å²) in [5.41, 5.74) is 3.01. The third kappa shape index (κ3) is 1.93. The summed E-state index contributed by atoms with van der Waals surface area (Å²) in [6.07, 6.45) is 3.01. The highest BCUT2D eigenvalue weighted by atomic mass is 35.5. The molecule has 0 N–H and O–H groups in total. The first-order valence-electron chi connectivity index (χ1n) is 7.21. The highest BCUT2D eigenvalue weighted by molar-refractivity contribution is 6.17. The molecule has 5 heteroatoms. The number of nitrogens with zero attached hydrogens (tertiary/aromatic N) is 3. The summed E-state index contributed by atoms with van der Waals surface area (Å²) in [4.78, 5) is 9.17. The number of halogens is 1. The van der Waals surface area contributed by atoms with E-state index in [4.69, 9.17) is 16.3 Å². The van der Waals surface area contributed by atoms with Crippen molar-refractivity contribution in [2.24, 2.45) is 0 Å². The van der Waals surface area contributed by atoms with Gasteiger partial charge in [0.25, 0.3) is 0 Å². The minimum absolute atomic E-state index is 0.177. The van der Waals surface area contributed by atoms with Gasteiger partial charge in [-0.25, -0.2) is 4.98 Å². The summed E-state index contributed by atoms with van der Waals surface area (Å²) in [5, 5.41) is 1.12. The Morgan fingerprint density at radius 1 is 1.33 bits per heavy atom. The first kappa shape index (κ1) is 13.0. The molecule has 3 aromatic rings. The standard InChI is InChI=1S/C16H16ClN3O/c1-10-14(6-7-21-10)20-15(8-17)19-13-9-18-12-5-3-2-4-11(12)16(13)20/h2-5,9-10,14H,6-8H2,1H3. The van der Waals surface area contributed by atoms with E-state index in [9.17, 15) is 0 Å². The normalized spacial score (nSPS) is 22.4. The molecule has 108 valence electrons. The molecule has 1 fully saturated rings. The van der Waals surface area contributed by atoms with Crippen LogP contribution in [-0.4, -0.2) is 27.2 Å². The van der Waals surface area contributed by atoms with Gasteiger partial charge in [0.05, 0.1) is 35.3 Å². The van der Waals surface area contributed by atoms with Crippen molar-refractivity contribution < 1.29 is 4.74 Å². The predicted molar refractivity (Wildman–Crippen MR) is 83.7 cm³/mol. The van der Waals surface area contributed by atoms with Crippen molar-refractivity contribution in [3.8, 4) is 0 Å². The second-order valence-corrected chi connectivity index (χ2v) is 5.74. The Balaban J connectivity index is 2.08. The van der Waals surface area contributed by atoms with Gasteiger partial charge in [0.15, 0.2) is 0 Å². The van der Waals surface area contributed by atoms with Gasteiger partial charge in [-0.05, 0) is 19.4 Å². The van der Waals surface area contributed by atoms with Crippen LogP contribution in [-0.2, 0) is 10.6 Å². The van der Waals surface area contributed by atoms with Crippen molar-refractivity contribution in [1.82, 2.24) is 14.5 Å². The SMILES string of the molecule is CC1OCCC1n1c(CCl)nc2cnc3ccccc3c21. The summed E-state index contributed by atoms with van der Waals surface area (Å²) in [6, 6.07) is 8.46. The molecule has 0 bridgehead atoms. The number of alkyl halides is 1. The molecule has 4 rings (SSSR count). The molecule has 2 unspecified atom stereocenters. The first-order chi connectivity index (χ1) is 10.3. The molecule has 2 aromatic heterocycles. The van der Waals surface area contributed by atoms with Crippen LogP contribution in [0.2, 0.25) is 0 Å². The maximum absolute atomic E-state index is 6.14. The zero-order valence-electron chi connectivity index (χ0n) is 11.8. The highest BCUT2D eigenvalue weighted by Gasteiger charge is 2.29. The summed E-state index contributed by atoms with van der Waals surface area (Å²) >= 11 is 6.14. The van der Waals surface area contributed by atoms with Crippen LogP contribution >= 0.6 is 11.6 Å². The van der Waals surface area contributed by atoms with Gasteiger partial charge in [-0.15, -0.1) is 11.6 Å². The van der Waals surface area contributed by atoms with Crippen LogP contribution in [0.25, 0.3) is 21.9 Å². The molecule has 3 heterocycles. The van der Waals surface area contributed by atoms with Crippen LogP contribution in [0, 0.1) is 0 Å². The number of rotatable bonds is 2. The largest absolute Gasteiger partial charge is 0.376 e. The summed E-state index contributed by atoms with van der Waals surface area (Å²) in [7, 11) is 0. The van der Waals surface area contributed by atoms with Gasteiger partial charge in [-0.3, -0.25) is 4.98 Å². The fourth-order valence-electron chi connectivity index (χ4n) is 3.28. The van der Waals surface area contributed by atoms with Crippen LogP contribution in [0.15, 0.2) is 30.5 Å². The van der Waals surface area contributed by atoms with Gasteiger partial charge in [-0.1, -0.05) is 18.2 Å². The molecule has 1 saturated heterocycles. The van der Waals surface area contributed by atoms with Gasteiger partial charge >= 0.3 is 0 Å². The number of ether oxygens (including phenoxy) is 1. The zero-order chi connectivity index (χ0) is 14.4. The van der Waals surface area contributed by atoms with Gasteiger partial charge in [0, 0.05) is 12.0 Å². The molecule has 4 nitrogen and oxygen atoms in total. The molecule has 1 aliphatic rings. The quantitative estimate of drug-likeness (QED) is 0.678. The van der Waals surface area contributed by atoms with Crippen molar-refractivity contribution in [1.29, 1.82) is 0 Å². The van der Waals surface area contributed by atoms with E-state index in [1.165, 1.54) is 0 Å². The van der Waals surface area contributed by atoms with E-state index in [0.29, 0.717) is 5.88 Å². The fraction of sp³-hybridized carbons (Fsp3) is 0.375. The molecule has 1 aliphatic heterocycles. The van der Waals surface area contributed by atoms with E-state index < -0.39 is 0 Å². The number of benzene rings is 1. The molecule has 21 heavy (non-hydrogen) atoms. The maximum atomic E-state index is 6.14. The van der Waals surface area contributed by atoms with E-state index in [0.717, 1.165) is 40.8 Å². The number of para-hydroxylation sites is 1. The highest BCUT2D eigenvalue weighted by Crippen LogP contribution is 2.34. The number of pyridine rings is 1. The number of fused-ring (bicyclic) bond motifs is 3. The molecule has 0 amide bonds. The van der Waals surface area contributed by atoms with E-state index in [1.807, 2.05) is 24.4 Å². The first-order valence-corrected chi connectivity index (χ1v) is 7.75. The van der Waals surface area contributed by atoms with E-state index in [1.54, 1.807) is 0 Å². The smallest absolute Gasteiger partial charge is 0.125 e. The molecule has 2 atom stereocenters. The van der Waals surface area contributed by atoms with Crippen molar-refractivity contribution in [3.63, 3.8) is 0 Å². The minimum atomic E-state index is 0.177. The molecule has 1 aromatic carbocycles. The number of hydrogen-bond donors (Lipinski definition) is 0. The third-order valence-electron chi connectivity index (χ3n) is 4.28. The van der Waals surface area contributed by atoms with Crippen LogP contribution in [0.5, 0.6) is 0 Å². The van der Waals surface area contributed by atoms with Crippen molar-refractivity contribution in [3.05, 3.63) is 36.3 Å². The maximum Gasteiger partial charge on any atom is 0.125 e. The summed E-state index contributed by atoms with van der Waals surface area (Å²) < 4.78 is 8.01. The molecule has 0 spiro atoms. The van der Waals surface area contributed by atoms with Crippen molar-refractivity contribution in [2.45, 2.75) is 31.4 Å². The minimum Gasteiger partial charge on any atom is -0.376 e. The number of imidazole rings is 1. The van der Waals surface area contributed by atoms with Gasteiger partial charge in [-0.2, -0.15) is 0 Å². The average molecular weight is 302 g/mol. The molecular weight excluding hydrogens is 286 g/mol. The lowest BCUT2D eigenvalue weighted by molar-refractivity contribution is 0.108. The number of hydrogen-bond acceptors (Lipinski definition) is 3. The van der Waals surface area contributed by atoms with E-state index in [-0.39, 0.29) is 12.1 Å². The van der Waals surface area contributed by atoms with Gasteiger partial charge < -0.3 is 9.30 Å². The molecule has 0 aliphatic carbocycles. The Morgan fingerprint density at radius 2 is 2.19 bits per heavy atom. The third-order valence-corrected chi connectivity index (χ3v) is 4.52. The zero-order valence-corrected chi connectivity index (χ0v) is 12.5. The van der Waals surface area contributed by atoms with Gasteiger partial charge in [0.2, 0.25) is 0 Å². The lowest BCUT2D eigenvalue weighted by Gasteiger charge is -2.19. The topological polar surface area (TPSA) is 39.9 Å². The second kappa shape index (κ2) is 4.97. The Morgan fingerprint density at radius 3 is 2.95 bits per heavy atom. The van der Waals surface area contributed by atoms with Crippen LogP contribution in [0.1, 0.15) is 25.2 Å². The van der Waals surface area contributed by atoms with E-state index >= 15 is 0 Å². The summed E-state index contributed by atoms with van der Waals surface area (Å²) in [5.74, 6) is 1.29. The monoisotopic (exact) mass is 301 g/mol. The molecular formula is C16H16ClN3O. The summed E-state index contributed by atoms with van der Waals surface area (Å²) in [6.45, 7) is 2.90. The Labute approximate surface area is 127 Å². The van der Waals surface area contributed by atoms with E-state index in [2.05, 4.69) is 27.5 Å². The Kier molecular flexibility index (Phi) is 3.08. The second-order valence-electron chi connectivity index (χ2n) is 5.47. The van der Waals surface area contributed by atoms with Gasteiger partial charge in [0.1, 0.15) is 11.3 Å². The van der Waals surface area contributed by atoms with Crippen molar-refractivity contribution >= 4 is 33.5 Å². The fourth-order valence-corrected chi connectivity index (χ4v) is 3.47. The predicted octanol–water partition coefficient (Wildman–Crippen LogP) is 3.67. The molecule has 0 saturated carbocycles. The van der Waals surface area contributed by atoms with Crippen LogP contribution in [0.4, 0.5) is 0 Å². The molecule has 0 radical (unpaired) electrons. The Bertz CT molecular complexity index is 814. The lowest BCUT2D eigenvalue weighted by atomic mass is 10.1. The van der Waals surface area contributed by atoms with Crippen LogP contribution < -0.4 is 0 Å². The number of aromatic nitrogens is 3. The average Bonchev–Trinajstić information content (AvgIpc) is 3.09. The Hall–Kier alpha value is -1.65. The lowest BCUT2D eigenvalue weighted by Crippen LogP contribution is -2.18. The van der Waals surface area contributed by atoms with Crippen LogP contribution in [0.3, 0.4) is 0 Å². The van der Waals surface area contributed by atoms with Crippen molar-refractivity contribution in [2.75, 3.05) is 6.61 Å².